The number of carbonyl (C=O) groups is 1. The molecule has 2 heterocycles. The summed E-state index contributed by atoms with van der Waals surface area (Å²) < 4.78 is 1.02. The van der Waals surface area contributed by atoms with Gasteiger partial charge in [-0.15, -0.1) is 0 Å². The molecule has 1 N–H and O–H groups in total. The highest BCUT2D eigenvalue weighted by Gasteiger charge is 2.36. The van der Waals surface area contributed by atoms with Crippen molar-refractivity contribution in [3.05, 3.63) is 34.3 Å². The Bertz CT molecular complexity index is 493. The zero-order valence-electron chi connectivity index (χ0n) is 11.8. The van der Waals surface area contributed by atoms with Crippen molar-refractivity contribution in [2.24, 2.45) is 0 Å². The summed E-state index contributed by atoms with van der Waals surface area (Å²) in [5.41, 5.74) is 1.07. The van der Waals surface area contributed by atoms with Gasteiger partial charge in [0.25, 0.3) is 0 Å². The van der Waals surface area contributed by atoms with Crippen LogP contribution in [0, 0.1) is 0 Å². The van der Waals surface area contributed by atoms with E-state index in [0.717, 1.165) is 22.9 Å². The number of likely N-dealkylation sites (N-methyl/N-ethyl adjacent to an activating group) is 1. The van der Waals surface area contributed by atoms with E-state index in [1.54, 1.807) is 0 Å². The Morgan fingerprint density at radius 3 is 2.60 bits per heavy atom. The lowest BCUT2D eigenvalue weighted by atomic mass is 9.98. The second kappa shape index (κ2) is 5.86. The number of carbonyl (C=O) groups excluding carboxylic acids is 1. The van der Waals surface area contributed by atoms with Crippen LogP contribution in [0.3, 0.4) is 0 Å². The topological polar surface area (TPSA) is 32.3 Å². The minimum absolute atomic E-state index is 0.225. The maximum absolute atomic E-state index is 12.5. The molecule has 2 bridgehead atoms. The molecule has 3 nitrogen and oxygen atoms in total. The minimum Gasteiger partial charge on any atom is -0.342 e. The van der Waals surface area contributed by atoms with Gasteiger partial charge in [-0.05, 0) is 37.3 Å². The fourth-order valence-corrected chi connectivity index (χ4v) is 3.90. The molecule has 0 aromatic heterocycles. The van der Waals surface area contributed by atoms with Crippen molar-refractivity contribution >= 4 is 21.8 Å². The first-order valence-corrected chi connectivity index (χ1v) is 8.18. The van der Waals surface area contributed by atoms with E-state index in [0.29, 0.717) is 24.5 Å². The molecule has 108 valence electrons. The van der Waals surface area contributed by atoms with Crippen LogP contribution in [0.25, 0.3) is 0 Å². The second-order valence-corrected chi connectivity index (χ2v) is 6.89. The third-order valence-corrected chi connectivity index (χ3v) is 5.46. The number of piperidine rings is 1. The summed E-state index contributed by atoms with van der Waals surface area (Å²) >= 11 is 3.52. The monoisotopic (exact) mass is 336 g/mol. The molecule has 2 fully saturated rings. The highest BCUT2D eigenvalue weighted by atomic mass is 79.9. The molecule has 4 heteroatoms. The highest BCUT2D eigenvalue weighted by Crippen LogP contribution is 2.29. The summed E-state index contributed by atoms with van der Waals surface area (Å²) in [6, 6.07) is 9.62. The molecule has 20 heavy (non-hydrogen) atoms. The normalized spacial score (nSPS) is 28.4. The van der Waals surface area contributed by atoms with Crippen LogP contribution in [0.1, 0.15) is 31.2 Å². The van der Waals surface area contributed by atoms with E-state index in [1.165, 1.54) is 12.8 Å². The van der Waals surface area contributed by atoms with E-state index in [9.17, 15) is 4.79 Å². The zero-order chi connectivity index (χ0) is 14.1. The molecule has 0 spiro atoms. The maximum Gasteiger partial charge on any atom is 0.227 e. The molecular weight excluding hydrogens is 316 g/mol. The Labute approximate surface area is 128 Å². The van der Waals surface area contributed by atoms with Crippen molar-refractivity contribution < 1.29 is 4.79 Å². The molecule has 3 rings (SSSR count). The van der Waals surface area contributed by atoms with E-state index >= 15 is 0 Å². The maximum atomic E-state index is 12.5. The van der Waals surface area contributed by atoms with Crippen molar-refractivity contribution in [1.29, 1.82) is 0 Å². The van der Waals surface area contributed by atoms with Crippen LogP contribution in [0.4, 0.5) is 0 Å². The smallest absolute Gasteiger partial charge is 0.227 e. The minimum atomic E-state index is 0.225. The van der Waals surface area contributed by atoms with Gasteiger partial charge >= 0.3 is 0 Å². The van der Waals surface area contributed by atoms with E-state index in [-0.39, 0.29) is 5.91 Å². The first-order chi connectivity index (χ1) is 9.63. The summed E-state index contributed by atoms with van der Waals surface area (Å²) in [6.07, 6.45) is 5.24. The van der Waals surface area contributed by atoms with Gasteiger partial charge < -0.3 is 10.2 Å². The van der Waals surface area contributed by atoms with Gasteiger partial charge in [0.15, 0.2) is 0 Å². The standard InChI is InChI=1S/C16H21BrN2O/c1-19(14-9-12-6-7-13(10-14)18-12)16(20)8-11-4-2-3-5-15(11)17/h2-5,12-14,18H,6-10H2,1H3/t12-,13+,14?. The van der Waals surface area contributed by atoms with Crippen molar-refractivity contribution in [3.63, 3.8) is 0 Å². The van der Waals surface area contributed by atoms with Crippen molar-refractivity contribution in [2.75, 3.05) is 7.05 Å². The van der Waals surface area contributed by atoms with E-state index in [1.807, 2.05) is 36.2 Å². The highest BCUT2D eigenvalue weighted by molar-refractivity contribution is 9.10. The van der Waals surface area contributed by atoms with Gasteiger partial charge in [-0.2, -0.15) is 0 Å². The summed E-state index contributed by atoms with van der Waals surface area (Å²) in [5, 5.41) is 3.63. The van der Waals surface area contributed by atoms with Gasteiger partial charge in [0.1, 0.15) is 0 Å². The molecule has 1 unspecified atom stereocenters. The lowest BCUT2D eigenvalue weighted by Gasteiger charge is -2.35. The van der Waals surface area contributed by atoms with Gasteiger partial charge in [0.2, 0.25) is 5.91 Å². The predicted molar refractivity (Wildman–Crippen MR) is 83.6 cm³/mol. The zero-order valence-corrected chi connectivity index (χ0v) is 13.4. The molecule has 2 aliphatic heterocycles. The lowest BCUT2D eigenvalue weighted by Crippen LogP contribution is -2.49. The Morgan fingerprint density at radius 1 is 1.30 bits per heavy atom. The third kappa shape index (κ3) is 2.91. The molecular formula is C16H21BrN2O. The number of halogens is 1. The van der Waals surface area contributed by atoms with Crippen molar-refractivity contribution in [1.82, 2.24) is 10.2 Å². The average Bonchev–Trinajstić information content (AvgIpc) is 2.79. The summed E-state index contributed by atoms with van der Waals surface area (Å²) in [5.74, 6) is 0.225. The second-order valence-electron chi connectivity index (χ2n) is 6.04. The largest absolute Gasteiger partial charge is 0.342 e. The fourth-order valence-electron chi connectivity index (χ4n) is 3.48. The summed E-state index contributed by atoms with van der Waals surface area (Å²) in [7, 11) is 1.97. The summed E-state index contributed by atoms with van der Waals surface area (Å²) in [4.78, 5) is 14.5. The number of hydrogen-bond donors (Lipinski definition) is 1. The molecule has 0 radical (unpaired) electrons. The van der Waals surface area contributed by atoms with Gasteiger partial charge in [-0.25, -0.2) is 0 Å². The number of fused-ring (bicyclic) bond motifs is 2. The fraction of sp³-hybridized carbons (Fsp3) is 0.562. The molecule has 2 aliphatic rings. The van der Waals surface area contributed by atoms with Gasteiger partial charge in [-0.1, -0.05) is 34.1 Å². The number of benzene rings is 1. The molecule has 3 atom stereocenters. The predicted octanol–water partition coefficient (Wildman–Crippen LogP) is 2.73. The van der Waals surface area contributed by atoms with Gasteiger partial charge in [0, 0.05) is 29.6 Å². The number of amides is 1. The summed E-state index contributed by atoms with van der Waals surface area (Å²) in [6.45, 7) is 0. The van der Waals surface area contributed by atoms with Crippen LogP contribution in [0.5, 0.6) is 0 Å². The molecule has 0 saturated carbocycles. The number of nitrogens with zero attached hydrogens (tertiary/aromatic N) is 1. The molecule has 1 aromatic rings. The van der Waals surface area contributed by atoms with Crippen LogP contribution in [0.2, 0.25) is 0 Å². The van der Waals surface area contributed by atoms with Crippen LogP contribution in [-0.4, -0.2) is 36.0 Å². The van der Waals surface area contributed by atoms with Gasteiger partial charge in [-0.3, -0.25) is 4.79 Å². The number of nitrogens with one attached hydrogen (secondary N) is 1. The lowest BCUT2D eigenvalue weighted by molar-refractivity contribution is -0.131. The Balaban J connectivity index is 1.63. The first-order valence-electron chi connectivity index (χ1n) is 7.38. The van der Waals surface area contributed by atoms with Crippen LogP contribution in [-0.2, 0) is 11.2 Å². The van der Waals surface area contributed by atoms with Crippen molar-refractivity contribution in [2.45, 2.75) is 50.2 Å². The van der Waals surface area contributed by atoms with Crippen molar-refractivity contribution in [3.8, 4) is 0 Å². The first kappa shape index (κ1) is 14.1. The SMILES string of the molecule is CN(C(=O)Cc1ccccc1Br)C1C[C@H]2CC[C@@H](C1)N2. The van der Waals surface area contributed by atoms with E-state index in [4.69, 9.17) is 0 Å². The Hall–Kier alpha value is -0.870. The molecule has 1 aromatic carbocycles. The number of hydrogen-bond acceptors (Lipinski definition) is 2. The van der Waals surface area contributed by atoms with Crippen LogP contribution < -0.4 is 5.32 Å². The van der Waals surface area contributed by atoms with E-state index < -0.39 is 0 Å². The average molecular weight is 337 g/mol. The number of rotatable bonds is 3. The molecule has 1 amide bonds. The Kier molecular flexibility index (Phi) is 4.13. The molecule has 2 saturated heterocycles. The quantitative estimate of drug-likeness (QED) is 0.920. The van der Waals surface area contributed by atoms with Crippen LogP contribution in [0.15, 0.2) is 28.7 Å². The van der Waals surface area contributed by atoms with Crippen LogP contribution >= 0.6 is 15.9 Å². The van der Waals surface area contributed by atoms with E-state index in [2.05, 4.69) is 21.2 Å². The molecule has 0 aliphatic carbocycles. The van der Waals surface area contributed by atoms with Gasteiger partial charge in [0.05, 0.1) is 6.42 Å². The Morgan fingerprint density at radius 2 is 1.95 bits per heavy atom. The third-order valence-electron chi connectivity index (χ3n) is 4.69.